The van der Waals surface area contributed by atoms with E-state index in [9.17, 15) is 13.6 Å². The van der Waals surface area contributed by atoms with Gasteiger partial charge in [0.2, 0.25) is 0 Å². The average Bonchev–Trinajstić information content (AvgIpc) is 3.14. The first-order valence-electron chi connectivity index (χ1n) is 10.0. The number of nitrogens with zero attached hydrogens (tertiary/aromatic N) is 5. The van der Waals surface area contributed by atoms with Crippen LogP contribution in [0, 0.1) is 11.6 Å². The number of halogens is 2. The van der Waals surface area contributed by atoms with Crippen molar-refractivity contribution in [1.82, 2.24) is 24.4 Å². The lowest BCUT2D eigenvalue weighted by atomic mass is 10.0. The Hall–Kier alpha value is -4.40. The number of rotatable bonds is 5. The van der Waals surface area contributed by atoms with Crippen molar-refractivity contribution in [2.24, 2.45) is 0 Å². The molecular formula is C24H17F2N5O2. The Morgan fingerprint density at radius 3 is 2.30 bits per heavy atom. The third-order valence-electron chi connectivity index (χ3n) is 5.22. The number of para-hydroxylation sites is 1. The third-order valence-corrected chi connectivity index (χ3v) is 5.22. The van der Waals surface area contributed by atoms with Crippen molar-refractivity contribution in [3.63, 3.8) is 0 Å². The second kappa shape index (κ2) is 8.27. The van der Waals surface area contributed by atoms with E-state index in [2.05, 4.69) is 15.3 Å². The van der Waals surface area contributed by atoms with Crippen molar-refractivity contribution in [2.75, 3.05) is 7.11 Å². The summed E-state index contributed by atoms with van der Waals surface area (Å²) >= 11 is 0. The monoisotopic (exact) mass is 445 g/mol. The predicted molar refractivity (Wildman–Crippen MR) is 118 cm³/mol. The fourth-order valence-corrected chi connectivity index (χ4v) is 3.73. The van der Waals surface area contributed by atoms with Gasteiger partial charge in [-0.05, 0) is 30.3 Å². The molecule has 5 aromatic rings. The lowest BCUT2D eigenvalue weighted by Gasteiger charge is -2.10. The van der Waals surface area contributed by atoms with Crippen LogP contribution in [0.25, 0.3) is 28.3 Å². The van der Waals surface area contributed by atoms with Crippen LogP contribution in [0.5, 0.6) is 5.75 Å². The highest BCUT2D eigenvalue weighted by Gasteiger charge is 2.21. The van der Waals surface area contributed by atoms with E-state index < -0.39 is 17.3 Å². The highest BCUT2D eigenvalue weighted by molar-refractivity contribution is 5.79. The summed E-state index contributed by atoms with van der Waals surface area (Å²) in [5.74, 6) is -0.316. The van der Waals surface area contributed by atoms with Crippen molar-refractivity contribution in [2.45, 2.75) is 6.54 Å². The number of methoxy groups -OCH3 is 1. The quantitative estimate of drug-likeness (QED) is 0.410. The molecule has 7 nitrogen and oxygen atoms in total. The summed E-state index contributed by atoms with van der Waals surface area (Å²) in [5.41, 5.74) is 1.52. The molecule has 0 amide bonds. The highest BCUT2D eigenvalue weighted by atomic mass is 19.1. The zero-order chi connectivity index (χ0) is 22.9. The van der Waals surface area contributed by atoms with Gasteiger partial charge < -0.3 is 4.74 Å². The van der Waals surface area contributed by atoms with Crippen molar-refractivity contribution in [3.05, 3.63) is 100 Å². The largest absolute Gasteiger partial charge is 0.496 e. The minimum atomic E-state index is -0.497. The Balaban J connectivity index is 1.77. The lowest BCUT2D eigenvalue weighted by Crippen LogP contribution is -2.23. The number of fused-ring (bicyclic) bond motifs is 1. The molecule has 2 heterocycles. The van der Waals surface area contributed by atoms with E-state index in [1.54, 1.807) is 25.3 Å². The molecule has 9 heteroatoms. The molecule has 0 unspecified atom stereocenters. The van der Waals surface area contributed by atoms with E-state index >= 15 is 0 Å². The van der Waals surface area contributed by atoms with Gasteiger partial charge in [-0.1, -0.05) is 42.5 Å². The summed E-state index contributed by atoms with van der Waals surface area (Å²) in [4.78, 5) is 13.4. The maximum atomic E-state index is 14.1. The molecule has 0 N–H and O–H groups in total. The Morgan fingerprint density at radius 2 is 1.58 bits per heavy atom. The van der Waals surface area contributed by atoms with Crippen molar-refractivity contribution >= 4 is 5.78 Å². The van der Waals surface area contributed by atoms with Crippen molar-refractivity contribution < 1.29 is 13.5 Å². The molecule has 0 aliphatic carbocycles. The second-order valence-electron chi connectivity index (χ2n) is 7.31. The zero-order valence-corrected chi connectivity index (χ0v) is 17.4. The zero-order valence-electron chi connectivity index (χ0n) is 17.4. The van der Waals surface area contributed by atoms with Crippen LogP contribution < -0.4 is 10.4 Å². The molecule has 0 fully saturated rings. The summed E-state index contributed by atoms with van der Waals surface area (Å²) in [6.07, 6.45) is 0. The van der Waals surface area contributed by atoms with Gasteiger partial charge in [0.1, 0.15) is 23.1 Å². The van der Waals surface area contributed by atoms with Crippen LogP contribution >= 0.6 is 0 Å². The molecule has 0 bridgehead atoms. The van der Waals surface area contributed by atoms with Gasteiger partial charge in [0.15, 0.2) is 0 Å². The van der Waals surface area contributed by atoms with E-state index in [-0.39, 0.29) is 23.7 Å². The summed E-state index contributed by atoms with van der Waals surface area (Å²) < 4.78 is 35.9. The highest BCUT2D eigenvalue weighted by Crippen LogP contribution is 2.30. The van der Waals surface area contributed by atoms with Gasteiger partial charge in [-0.15, -0.1) is 15.3 Å². The van der Waals surface area contributed by atoms with E-state index in [1.165, 1.54) is 45.5 Å². The van der Waals surface area contributed by atoms with Gasteiger partial charge in [0, 0.05) is 16.7 Å². The molecule has 0 atom stereocenters. The first kappa shape index (κ1) is 20.5. The number of hydrogen-bond donors (Lipinski definition) is 0. The fourth-order valence-electron chi connectivity index (χ4n) is 3.73. The number of ether oxygens (including phenoxy) is 1. The Labute approximate surface area is 186 Å². The summed E-state index contributed by atoms with van der Waals surface area (Å²) in [7, 11) is 1.55. The van der Waals surface area contributed by atoms with Gasteiger partial charge in [0.25, 0.3) is 5.78 Å². The minimum Gasteiger partial charge on any atom is -0.496 e. The number of benzene rings is 3. The standard InChI is InChI=1S/C24H17F2N5O2/c1-33-20-11-3-2-6-17(20)14-30-24(32)31-22(16-8-5-10-19(26)13-16)21(27-28-23(31)29-30)15-7-4-9-18(25)12-15/h2-13H,14H2,1H3. The topological polar surface area (TPSA) is 74.3 Å². The lowest BCUT2D eigenvalue weighted by molar-refractivity contribution is 0.407. The Kier molecular flexibility index (Phi) is 5.14. The molecule has 0 saturated carbocycles. The van der Waals surface area contributed by atoms with Gasteiger partial charge >= 0.3 is 5.69 Å². The van der Waals surface area contributed by atoms with E-state index in [4.69, 9.17) is 4.74 Å². The molecule has 2 aromatic heterocycles. The molecular weight excluding hydrogens is 428 g/mol. The van der Waals surface area contributed by atoms with Crippen LogP contribution in [-0.2, 0) is 6.54 Å². The van der Waals surface area contributed by atoms with Gasteiger partial charge in [-0.25, -0.2) is 22.7 Å². The normalized spacial score (nSPS) is 11.1. The maximum absolute atomic E-state index is 14.1. The van der Waals surface area contributed by atoms with Crippen LogP contribution in [0.15, 0.2) is 77.6 Å². The number of aromatic nitrogens is 5. The Bertz CT molecular complexity index is 1540. The molecule has 5 rings (SSSR count). The summed E-state index contributed by atoms with van der Waals surface area (Å²) in [5, 5.41) is 12.6. The fraction of sp³-hybridized carbons (Fsp3) is 0.0833. The first-order valence-corrected chi connectivity index (χ1v) is 10.0. The molecule has 0 radical (unpaired) electrons. The smallest absolute Gasteiger partial charge is 0.352 e. The maximum Gasteiger partial charge on any atom is 0.352 e. The molecule has 33 heavy (non-hydrogen) atoms. The minimum absolute atomic E-state index is 0.0364. The SMILES string of the molecule is COc1ccccc1Cn1nc2nnc(-c3cccc(F)c3)c(-c3cccc(F)c3)n2c1=O. The molecule has 3 aromatic carbocycles. The average molecular weight is 445 g/mol. The van der Waals surface area contributed by atoms with Crippen molar-refractivity contribution in [1.29, 1.82) is 0 Å². The Morgan fingerprint density at radius 1 is 0.879 bits per heavy atom. The molecule has 0 aliphatic rings. The molecule has 0 aliphatic heterocycles. The van der Waals surface area contributed by atoms with Gasteiger partial charge in [-0.3, -0.25) is 0 Å². The van der Waals surface area contributed by atoms with Crippen LogP contribution in [0.2, 0.25) is 0 Å². The van der Waals surface area contributed by atoms with Gasteiger partial charge in [-0.2, -0.15) is 0 Å². The second-order valence-corrected chi connectivity index (χ2v) is 7.31. The van der Waals surface area contributed by atoms with E-state index in [1.807, 2.05) is 18.2 Å². The first-order chi connectivity index (χ1) is 16.0. The summed E-state index contributed by atoms with van der Waals surface area (Å²) in [6.45, 7) is 0.129. The van der Waals surface area contributed by atoms with Gasteiger partial charge in [0.05, 0.1) is 19.3 Å². The molecule has 164 valence electrons. The van der Waals surface area contributed by atoms with Crippen molar-refractivity contribution in [3.8, 4) is 28.3 Å². The predicted octanol–water partition coefficient (Wildman–Crippen LogP) is 3.96. The van der Waals surface area contributed by atoms with E-state index in [0.717, 1.165) is 5.56 Å². The van der Waals surface area contributed by atoms with Crippen LogP contribution in [0.4, 0.5) is 8.78 Å². The number of hydrogen-bond acceptors (Lipinski definition) is 5. The van der Waals surface area contributed by atoms with E-state index in [0.29, 0.717) is 16.9 Å². The van der Waals surface area contributed by atoms with Crippen LogP contribution in [0.1, 0.15) is 5.56 Å². The molecule has 0 saturated heterocycles. The van der Waals surface area contributed by atoms with Crippen LogP contribution in [-0.4, -0.2) is 31.5 Å². The summed E-state index contributed by atoms with van der Waals surface area (Å²) in [6, 6.07) is 18.8. The van der Waals surface area contributed by atoms with Crippen LogP contribution in [0.3, 0.4) is 0 Å². The third kappa shape index (κ3) is 3.73. The molecule has 0 spiro atoms.